The van der Waals surface area contributed by atoms with Crippen LogP contribution in [0.15, 0.2) is 0 Å². The fourth-order valence-electron chi connectivity index (χ4n) is 9.13. The maximum atomic E-state index is 11.7. The van der Waals surface area contributed by atoms with E-state index in [0.717, 1.165) is 51.4 Å². The number of hydrogen-bond donors (Lipinski definition) is 3. The maximum Gasteiger partial charge on any atom is 0.305 e. The highest BCUT2D eigenvalue weighted by molar-refractivity contribution is 5.69. The lowest BCUT2D eigenvalue weighted by atomic mass is 9.43. The van der Waals surface area contributed by atoms with Gasteiger partial charge in [0, 0.05) is 6.42 Å². The lowest BCUT2D eigenvalue weighted by molar-refractivity contribution is -0.209. The molecule has 6 unspecified atom stereocenters. The van der Waals surface area contributed by atoms with Gasteiger partial charge in [-0.2, -0.15) is 0 Å². The summed E-state index contributed by atoms with van der Waals surface area (Å²) in [5, 5.41) is 32.3. The van der Waals surface area contributed by atoms with Gasteiger partial charge in [0.1, 0.15) is 0 Å². The zero-order chi connectivity index (χ0) is 24.0. The number of esters is 1. The van der Waals surface area contributed by atoms with Crippen molar-refractivity contribution in [1.82, 2.24) is 0 Å². The molecule has 0 heterocycles. The minimum atomic E-state index is -0.372. The second kappa shape index (κ2) is 9.75. The van der Waals surface area contributed by atoms with Gasteiger partial charge in [-0.05, 0) is 97.7 Å². The van der Waals surface area contributed by atoms with Crippen molar-refractivity contribution in [2.45, 2.75) is 96.9 Å². The Bertz CT molecular complexity index is 698. The first kappa shape index (κ1) is 25.4. The number of carbonyl (C=O) groups excluding carboxylic acids is 1. The lowest BCUT2D eigenvalue weighted by Gasteiger charge is -2.63. The number of aliphatic hydroxyl groups is 3. The summed E-state index contributed by atoms with van der Waals surface area (Å²) >= 11 is 0. The Kier molecular flexibility index (Phi) is 7.51. The molecule has 0 aromatic carbocycles. The molecule has 4 saturated carbocycles. The molecular formula is C27H46O6. The number of aliphatic hydroxyl groups excluding tert-OH is 3. The monoisotopic (exact) mass is 466 g/mol. The number of methoxy groups -OCH3 is 1. The van der Waals surface area contributed by atoms with Crippen LogP contribution in [0.3, 0.4) is 0 Å². The van der Waals surface area contributed by atoms with Gasteiger partial charge in [-0.25, -0.2) is 0 Å². The molecule has 0 radical (unpaired) electrons. The number of hydrogen-bond acceptors (Lipinski definition) is 6. The lowest BCUT2D eigenvalue weighted by Crippen LogP contribution is -2.62. The molecule has 6 nitrogen and oxygen atoms in total. The van der Waals surface area contributed by atoms with Crippen molar-refractivity contribution in [2.24, 2.45) is 46.3 Å². The summed E-state index contributed by atoms with van der Waals surface area (Å²) < 4.78 is 10.7. The molecule has 4 aliphatic rings. The fraction of sp³-hybridized carbons (Fsp3) is 0.963. The molecule has 33 heavy (non-hydrogen) atoms. The minimum Gasteiger partial charge on any atom is -0.469 e. The SMILES string of the molecule is COC(=O)CCC(C)[C@H]1CCC2C3C(C[C@H](O)[C@@]21C)[C@@]1(C)CCC(OCCO)CC1C[C@H]3O. The van der Waals surface area contributed by atoms with Crippen LogP contribution < -0.4 is 0 Å². The van der Waals surface area contributed by atoms with E-state index in [1.807, 2.05) is 0 Å². The minimum absolute atomic E-state index is 0.0530. The van der Waals surface area contributed by atoms with E-state index in [2.05, 4.69) is 20.8 Å². The van der Waals surface area contributed by atoms with Gasteiger partial charge in [-0.3, -0.25) is 4.79 Å². The van der Waals surface area contributed by atoms with Gasteiger partial charge in [0.15, 0.2) is 0 Å². The highest BCUT2D eigenvalue weighted by Gasteiger charge is 2.65. The normalized spacial score (nSPS) is 47.8. The third-order valence-electron chi connectivity index (χ3n) is 11.0. The van der Waals surface area contributed by atoms with Gasteiger partial charge in [-0.15, -0.1) is 0 Å². The van der Waals surface area contributed by atoms with E-state index in [1.54, 1.807) is 0 Å². The van der Waals surface area contributed by atoms with Gasteiger partial charge in [0.25, 0.3) is 0 Å². The van der Waals surface area contributed by atoms with Gasteiger partial charge in [-0.1, -0.05) is 20.8 Å². The smallest absolute Gasteiger partial charge is 0.305 e. The highest BCUT2D eigenvalue weighted by atomic mass is 16.5. The van der Waals surface area contributed by atoms with Crippen LogP contribution in [-0.2, 0) is 14.3 Å². The third kappa shape index (κ3) is 4.28. The first-order valence-electron chi connectivity index (χ1n) is 13.3. The summed E-state index contributed by atoms with van der Waals surface area (Å²) in [6.07, 6.45) is 7.41. The van der Waals surface area contributed by atoms with E-state index in [0.29, 0.717) is 42.6 Å². The van der Waals surface area contributed by atoms with Crippen molar-refractivity contribution in [3.8, 4) is 0 Å². The molecule has 0 bridgehead atoms. The summed E-state index contributed by atoms with van der Waals surface area (Å²) in [5.74, 6) is 1.85. The van der Waals surface area contributed by atoms with Crippen LogP contribution in [0.1, 0.15) is 78.6 Å². The average molecular weight is 467 g/mol. The second-order valence-corrected chi connectivity index (χ2v) is 12.2. The van der Waals surface area contributed by atoms with Crippen molar-refractivity contribution in [3.63, 3.8) is 0 Å². The first-order valence-corrected chi connectivity index (χ1v) is 13.3. The quantitative estimate of drug-likeness (QED) is 0.497. The van der Waals surface area contributed by atoms with Crippen molar-refractivity contribution in [2.75, 3.05) is 20.3 Å². The number of ether oxygens (including phenoxy) is 2. The Morgan fingerprint density at radius 2 is 1.85 bits per heavy atom. The molecule has 0 aromatic rings. The number of carbonyl (C=O) groups is 1. The molecule has 6 heteroatoms. The van der Waals surface area contributed by atoms with Crippen LogP contribution in [0.4, 0.5) is 0 Å². The predicted octanol–water partition coefficient (Wildman–Crippen LogP) is 3.55. The second-order valence-electron chi connectivity index (χ2n) is 12.2. The summed E-state index contributed by atoms with van der Waals surface area (Å²) in [5.41, 5.74) is -0.0812. The fourth-order valence-corrected chi connectivity index (χ4v) is 9.13. The zero-order valence-corrected chi connectivity index (χ0v) is 21.0. The zero-order valence-electron chi connectivity index (χ0n) is 21.0. The van der Waals surface area contributed by atoms with Crippen LogP contribution in [0.2, 0.25) is 0 Å². The number of fused-ring (bicyclic) bond motifs is 5. The maximum absolute atomic E-state index is 11.7. The third-order valence-corrected chi connectivity index (χ3v) is 11.0. The van der Waals surface area contributed by atoms with Crippen LogP contribution in [-0.4, -0.2) is 59.9 Å². The summed E-state index contributed by atoms with van der Waals surface area (Å²) in [4.78, 5) is 11.7. The van der Waals surface area contributed by atoms with E-state index in [1.165, 1.54) is 7.11 Å². The van der Waals surface area contributed by atoms with Crippen molar-refractivity contribution in [3.05, 3.63) is 0 Å². The topological polar surface area (TPSA) is 96.2 Å². The van der Waals surface area contributed by atoms with Gasteiger partial charge >= 0.3 is 5.97 Å². The Balaban J connectivity index is 1.52. The largest absolute Gasteiger partial charge is 0.469 e. The average Bonchev–Trinajstić information content (AvgIpc) is 3.15. The molecule has 0 amide bonds. The van der Waals surface area contributed by atoms with Crippen LogP contribution >= 0.6 is 0 Å². The van der Waals surface area contributed by atoms with Gasteiger partial charge < -0.3 is 24.8 Å². The molecule has 4 aliphatic carbocycles. The Labute approximate surface area is 199 Å². The predicted molar refractivity (Wildman–Crippen MR) is 125 cm³/mol. The molecule has 3 N–H and O–H groups in total. The van der Waals surface area contributed by atoms with Crippen LogP contribution in [0.5, 0.6) is 0 Å². The molecule has 0 aromatic heterocycles. The molecule has 11 atom stereocenters. The molecule has 4 rings (SSSR count). The van der Waals surface area contributed by atoms with E-state index in [4.69, 9.17) is 14.6 Å². The van der Waals surface area contributed by atoms with Crippen molar-refractivity contribution < 1.29 is 29.6 Å². The van der Waals surface area contributed by atoms with Crippen molar-refractivity contribution in [1.29, 1.82) is 0 Å². The Hall–Kier alpha value is -0.690. The first-order chi connectivity index (χ1) is 15.7. The standard InChI is InChI=1S/C27H46O6/c1-16(5-8-24(31)32-4)19-6-7-20-25-21(15-23(30)27(19,20)3)26(2)10-9-18(33-12-11-28)13-17(26)14-22(25)29/h16-23,25,28-30H,5-15H2,1-4H3/t16?,17?,18?,19-,20?,21?,22-,23+,25?,26+,27-/m1/s1. The van der Waals surface area contributed by atoms with E-state index in [9.17, 15) is 15.0 Å². The van der Waals surface area contributed by atoms with Crippen molar-refractivity contribution >= 4 is 5.97 Å². The van der Waals surface area contributed by atoms with Crippen LogP contribution in [0, 0.1) is 46.3 Å². The molecule has 0 aliphatic heterocycles. The number of rotatable bonds is 7. The summed E-state index contributed by atoms with van der Waals surface area (Å²) in [6.45, 7) is 7.34. The van der Waals surface area contributed by atoms with Gasteiger partial charge in [0.2, 0.25) is 0 Å². The van der Waals surface area contributed by atoms with E-state index >= 15 is 0 Å². The van der Waals surface area contributed by atoms with Gasteiger partial charge in [0.05, 0.1) is 38.6 Å². The molecule has 0 spiro atoms. The van der Waals surface area contributed by atoms with E-state index in [-0.39, 0.29) is 47.6 Å². The summed E-state index contributed by atoms with van der Waals surface area (Å²) in [6, 6.07) is 0. The Morgan fingerprint density at radius 1 is 1.09 bits per heavy atom. The van der Waals surface area contributed by atoms with Crippen LogP contribution in [0.25, 0.3) is 0 Å². The molecule has 0 saturated heterocycles. The van der Waals surface area contributed by atoms with E-state index < -0.39 is 0 Å². The summed E-state index contributed by atoms with van der Waals surface area (Å²) in [7, 11) is 1.44. The highest BCUT2D eigenvalue weighted by Crippen LogP contribution is 2.68. The molecule has 190 valence electrons. The Morgan fingerprint density at radius 3 is 2.55 bits per heavy atom. The molecule has 4 fully saturated rings. The molecular weight excluding hydrogens is 420 g/mol.